The van der Waals surface area contributed by atoms with Gasteiger partial charge in [0.05, 0.1) is 23.3 Å². The van der Waals surface area contributed by atoms with Gasteiger partial charge in [-0.3, -0.25) is 9.78 Å². The maximum absolute atomic E-state index is 14.1. The van der Waals surface area contributed by atoms with E-state index in [0.29, 0.717) is 23.1 Å². The Morgan fingerprint density at radius 2 is 2.00 bits per heavy atom. The van der Waals surface area contributed by atoms with Crippen LogP contribution in [-0.2, 0) is 0 Å². The molecule has 0 bridgehead atoms. The summed E-state index contributed by atoms with van der Waals surface area (Å²) in [4.78, 5) is 16.9. The molecule has 2 aromatic rings. The van der Waals surface area contributed by atoms with Crippen LogP contribution in [0.4, 0.5) is 4.39 Å². The minimum Gasteiger partial charge on any atom is -0.491 e. The third kappa shape index (κ3) is 4.56. The Hall–Kier alpha value is -2.21. The van der Waals surface area contributed by atoms with Crippen molar-refractivity contribution < 1.29 is 19.0 Å². The molecule has 0 aliphatic heterocycles. The molecule has 0 spiro atoms. The zero-order chi connectivity index (χ0) is 19.6. The molecule has 1 fully saturated rings. The van der Waals surface area contributed by atoms with Gasteiger partial charge in [0.2, 0.25) is 0 Å². The minimum atomic E-state index is -0.679. The van der Waals surface area contributed by atoms with E-state index in [1.807, 2.05) is 13.8 Å². The van der Waals surface area contributed by atoms with Crippen molar-refractivity contribution in [1.29, 1.82) is 0 Å². The van der Waals surface area contributed by atoms with E-state index in [4.69, 9.17) is 4.74 Å². The first-order valence-electron chi connectivity index (χ1n) is 9.53. The Morgan fingerprint density at radius 1 is 1.30 bits per heavy atom. The number of hydrogen-bond acceptors (Lipinski definition) is 4. The maximum Gasteiger partial charge on any atom is 0.253 e. The number of carbonyl (C=O) groups is 1. The Balaban J connectivity index is 1.68. The third-order valence-electron chi connectivity index (χ3n) is 5.36. The largest absolute Gasteiger partial charge is 0.491 e. The second-order valence-electron chi connectivity index (χ2n) is 7.81. The number of aliphatic hydroxyl groups is 1. The molecule has 3 rings (SSSR count). The average Bonchev–Trinajstić information content (AvgIpc) is 2.62. The van der Waals surface area contributed by atoms with E-state index in [-0.39, 0.29) is 23.6 Å². The van der Waals surface area contributed by atoms with Gasteiger partial charge in [-0.05, 0) is 64.5 Å². The molecule has 0 atom stereocenters. The molecule has 6 heteroatoms. The number of benzene rings is 1. The lowest BCUT2D eigenvalue weighted by atomic mass is 9.77. The monoisotopic (exact) mass is 374 g/mol. The number of amides is 1. The molecule has 27 heavy (non-hydrogen) atoms. The van der Waals surface area contributed by atoms with Gasteiger partial charge in [-0.25, -0.2) is 4.39 Å². The zero-order valence-corrected chi connectivity index (χ0v) is 16.1. The summed E-state index contributed by atoms with van der Waals surface area (Å²) in [5.41, 5.74) is 0.319. The van der Waals surface area contributed by atoms with Crippen LogP contribution < -0.4 is 10.1 Å². The van der Waals surface area contributed by atoms with Gasteiger partial charge in [0.1, 0.15) is 0 Å². The van der Waals surface area contributed by atoms with Gasteiger partial charge in [0.25, 0.3) is 5.91 Å². The van der Waals surface area contributed by atoms with E-state index < -0.39 is 11.4 Å². The highest BCUT2D eigenvalue weighted by Gasteiger charge is 2.31. The van der Waals surface area contributed by atoms with Crippen LogP contribution in [0.3, 0.4) is 0 Å². The van der Waals surface area contributed by atoms with E-state index in [2.05, 4.69) is 10.3 Å². The summed E-state index contributed by atoms with van der Waals surface area (Å²) in [5.74, 6) is -0.243. The molecular weight excluding hydrogens is 347 g/mol. The van der Waals surface area contributed by atoms with Crippen molar-refractivity contribution >= 4 is 16.8 Å². The maximum atomic E-state index is 14.1. The molecule has 1 aromatic carbocycles. The molecule has 1 amide bonds. The standard InChI is InChI=1S/C21H27FN2O3/c1-4-27-19-11-18-13(10-17(19)22)9-14(12-23-18)20(25)24-16-7-5-15(6-8-16)21(2,3)26/h9-12,15-16,26H,4-8H2,1-3H3,(H,24,25)/t15-,16-. The molecule has 0 radical (unpaired) electrons. The molecule has 0 saturated heterocycles. The Morgan fingerprint density at radius 3 is 2.63 bits per heavy atom. The number of ether oxygens (including phenoxy) is 1. The van der Waals surface area contributed by atoms with Crippen molar-refractivity contribution in [3.05, 3.63) is 35.8 Å². The van der Waals surface area contributed by atoms with Crippen molar-refractivity contribution in [3.63, 3.8) is 0 Å². The molecule has 5 nitrogen and oxygen atoms in total. The number of nitrogens with zero attached hydrogens (tertiary/aromatic N) is 1. The predicted octanol–water partition coefficient (Wildman–Crippen LogP) is 3.83. The number of halogens is 1. The van der Waals surface area contributed by atoms with Gasteiger partial charge in [-0.1, -0.05) is 0 Å². The number of carbonyl (C=O) groups excluding carboxylic acids is 1. The van der Waals surface area contributed by atoms with Crippen LogP contribution in [0.25, 0.3) is 10.9 Å². The predicted molar refractivity (Wildman–Crippen MR) is 102 cm³/mol. The fraction of sp³-hybridized carbons (Fsp3) is 0.524. The summed E-state index contributed by atoms with van der Waals surface area (Å²) in [6.07, 6.45) is 4.96. The number of pyridine rings is 1. The van der Waals surface area contributed by atoms with Crippen LogP contribution in [0.15, 0.2) is 24.4 Å². The zero-order valence-electron chi connectivity index (χ0n) is 16.1. The van der Waals surface area contributed by atoms with Gasteiger partial charge in [-0.2, -0.15) is 0 Å². The number of aromatic nitrogens is 1. The normalized spacial score (nSPS) is 20.5. The van der Waals surface area contributed by atoms with Crippen molar-refractivity contribution in [1.82, 2.24) is 10.3 Å². The van der Waals surface area contributed by atoms with Crippen LogP contribution in [-0.4, -0.2) is 34.2 Å². The van der Waals surface area contributed by atoms with E-state index in [9.17, 15) is 14.3 Å². The minimum absolute atomic E-state index is 0.0869. The van der Waals surface area contributed by atoms with Crippen molar-refractivity contribution in [2.45, 2.75) is 58.1 Å². The Kier molecular flexibility index (Phi) is 5.65. The fourth-order valence-corrected chi connectivity index (χ4v) is 3.73. The van der Waals surface area contributed by atoms with Crippen LogP contribution in [0.5, 0.6) is 5.75 Å². The van der Waals surface area contributed by atoms with Crippen LogP contribution in [0, 0.1) is 11.7 Å². The highest BCUT2D eigenvalue weighted by atomic mass is 19.1. The van der Waals surface area contributed by atoms with Gasteiger partial charge in [0, 0.05) is 23.7 Å². The lowest BCUT2D eigenvalue weighted by molar-refractivity contribution is -0.00257. The summed E-state index contributed by atoms with van der Waals surface area (Å²) in [6.45, 7) is 5.85. The number of nitrogens with one attached hydrogen (secondary N) is 1. The van der Waals surface area contributed by atoms with Gasteiger partial charge in [-0.15, -0.1) is 0 Å². The van der Waals surface area contributed by atoms with Crippen molar-refractivity contribution in [3.8, 4) is 5.75 Å². The van der Waals surface area contributed by atoms with Gasteiger partial charge >= 0.3 is 0 Å². The smallest absolute Gasteiger partial charge is 0.253 e. The van der Waals surface area contributed by atoms with Gasteiger partial charge < -0.3 is 15.2 Å². The van der Waals surface area contributed by atoms with Crippen LogP contribution in [0.2, 0.25) is 0 Å². The first-order chi connectivity index (χ1) is 12.8. The fourth-order valence-electron chi connectivity index (χ4n) is 3.73. The second kappa shape index (κ2) is 7.80. The first-order valence-corrected chi connectivity index (χ1v) is 9.53. The van der Waals surface area contributed by atoms with Gasteiger partial charge in [0.15, 0.2) is 11.6 Å². The quantitative estimate of drug-likeness (QED) is 0.834. The summed E-state index contributed by atoms with van der Waals surface area (Å²) in [5, 5.41) is 13.7. The highest BCUT2D eigenvalue weighted by Crippen LogP contribution is 2.32. The Labute approximate surface area is 158 Å². The van der Waals surface area contributed by atoms with Crippen LogP contribution >= 0.6 is 0 Å². The SMILES string of the molecule is CCOc1cc2ncc(C(=O)N[C@H]3CC[C@H](C(C)(C)O)CC3)cc2cc1F. The molecule has 2 N–H and O–H groups in total. The lowest BCUT2D eigenvalue weighted by Gasteiger charge is -2.36. The summed E-state index contributed by atoms with van der Waals surface area (Å²) < 4.78 is 19.3. The average molecular weight is 374 g/mol. The molecule has 1 aromatic heterocycles. The molecule has 1 aliphatic carbocycles. The van der Waals surface area contributed by atoms with E-state index in [1.54, 1.807) is 19.1 Å². The highest BCUT2D eigenvalue weighted by molar-refractivity contribution is 5.97. The molecule has 1 aliphatic rings. The van der Waals surface area contributed by atoms with Crippen LogP contribution in [0.1, 0.15) is 56.8 Å². The lowest BCUT2D eigenvalue weighted by Crippen LogP contribution is -2.41. The second-order valence-corrected chi connectivity index (χ2v) is 7.81. The molecule has 0 unspecified atom stereocenters. The first kappa shape index (κ1) is 19.5. The van der Waals surface area contributed by atoms with E-state index in [0.717, 1.165) is 25.7 Å². The van der Waals surface area contributed by atoms with Crippen molar-refractivity contribution in [2.24, 2.45) is 5.92 Å². The number of hydrogen-bond donors (Lipinski definition) is 2. The summed E-state index contributed by atoms with van der Waals surface area (Å²) in [7, 11) is 0. The Bertz CT molecular complexity index is 824. The summed E-state index contributed by atoms with van der Waals surface area (Å²) >= 11 is 0. The van der Waals surface area contributed by atoms with E-state index >= 15 is 0 Å². The molecule has 146 valence electrons. The third-order valence-corrected chi connectivity index (χ3v) is 5.36. The molecule has 1 saturated carbocycles. The van der Waals surface area contributed by atoms with Crippen molar-refractivity contribution in [2.75, 3.05) is 6.61 Å². The number of rotatable bonds is 5. The number of fused-ring (bicyclic) bond motifs is 1. The topological polar surface area (TPSA) is 71.5 Å². The summed E-state index contributed by atoms with van der Waals surface area (Å²) in [6, 6.07) is 4.63. The molecule has 1 heterocycles. The van der Waals surface area contributed by atoms with E-state index in [1.165, 1.54) is 12.3 Å². The molecular formula is C21H27FN2O3.